The lowest BCUT2D eigenvalue weighted by Crippen LogP contribution is -2.15. The summed E-state index contributed by atoms with van der Waals surface area (Å²) in [7, 11) is 2.51. The van der Waals surface area contributed by atoms with Crippen LogP contribution >= 0.6 is 0 Å². The van der Waals surface area contributed by atoms with Gasteiger partial charge in [0, 0.05) is 0 Å². The van der Waals surface area contributed by atoms with E-state index in [1.54, 1.807) is 6.92 Å². The minimum Gasteiger partial charge on any atom is -0.496 e. The summed E-state index contributed by atoms with van der Waals surface area (Å²) < 4.78 is 35.3. The molecule has 0 saturated carbocycles. The van der Waals surface area contributed by atoms with Crippen LogP contribution < -0.4 is 9.47 Å². The van der Waals surface area contributed by atoms with Gasteiger partial charge in [-0.05, 0) is 24.6 Å². The van der Waals surface area contributed by atoms with Crippen molar-refractivity contribution >= 4 is 0 Å². The molecule has 0 aliphatic rings. The van der Waals surface area contributed by atoms with E-state index in [1.165, 1.54) is 26.4 Å². The molecule has 0 atom stereocenters. The molecular formula is C10H12F2O3. The molecule has 1 aromatic rings. The van der Waals surface area contributed by atoms with Gasteiger partial charge in [-0.1, -0.05) is 0 Å². The van der Waals surface area contributed by atoms with E-state index in [-0.39, 0.29) is 11.5 Å². The maximum atomic E-state index is 12.9. The zero-order chi connectivity index (χ0) is 11.6. The minimum atomic E-state index is -3.98. The first-order chi connectivity index (χ1) is 6.90. The Bertz CT molecular complexity index is 333. The van der Waals surface area contributed by atoms with Crippen molar-refractivity contribution in [3.63, 3.8) is 0 Å². The van der Waals surface area contributed by atoms with Gasteiger partial charge in [-0.2, -0.15) is 8.78 Å². The van der Waals surface area contributed by atoms with Crippen LogP contribution in [0.4, 0.5) is 8.78 Å². The van der Waals surface area contributed by atoms with Gasteiger partial charge in [-0.3, -0.25) is 0 Å². The summed E-state index contributed by atoms with van der Waals surface area (Å²) in [5.41, 5.74) is 0.0507. The number of halogens is 2. The molecule has 0 amide bonds. The van der Waals surface area contributed by atoms with Gasteiger partial charge in [0.15, 0.2) is 0 Å². The highest BCUT2D eigenvalue weighted by molar-refractivity contribution is 5.49. The van der Waals surface area contributed by atoms with E-state index in [4.69, 9.17) is 14.6 Å². The molecule has 1 aromatic carbocycles. The Labute approximate surface area is 86.2 Å². The molecule has 0 bridgehead atoms. The monoisotopic (exact) mass is 218 g/mol. The molecule has 0 aliphatic heterocycles. The van der Waals surface area contributed by atoms with Crippen molar-refractivity contribution in [2.24, 2.45) is 0 Å². The molecule has 0 unspecified atom stereocenters. The van der Waals surface area contributed by atoms with Gasteiger partial charge in [-0.25, -0.2) is 0 Å². The Kier molecular flexibility index (Phi) is 3.14. The molecule has 0 saturated heterocycles. The van der Waals surface area contributed by atoms with E-state index in [0.29, 0.717) is 5.56 Å². The van der Waals surface area contributed by atoms with Crippen molar-refractivity contribution in [2.45, 2.75) is 13.0 Å². The molecule has 0 aromatic heterocycles. The molecule has 84 valence electrons. The minimum absolute atomic E-state index is 0.0978. The summed E-state index contributed by atoms with van der Waals surface area (Å²) in [4.78, 5) is 0. The zero-order valence-corrected chi connectivity index (χ0v) is 8.67. The second-order valence-corrected chi connectivity index (χ2v) is 3.09. The maximum absolute atomic E-state index is 12.9. The molecule has 1 rings (SSSR count). The first-order valence-electron chi connectivity index (χ1n) is 4.23. The molecular weight excluding hydrogens is 206 g/mol. The Balaban J connectivity index is 3.44. The third kappa shape index (κ3) is 2.36. The summed E-state index contributed by atoms with van der Waals surface area (Å²) in [6, 6.07) is 2.81. The SMILES string of the molecule is COc1cc(C)cc(OC)c1C(O)(F)F. The van der Waals surface area contributed by atoms with Crippen molar-refractivity contribution in [3.05, 3.63) is 23.3 Å². The quantitative estimate of drug-likeness (QED) is 0.843. The van der Waals surface area contributed by atoms with E-state index in [2.05, 4.69) is 0 Å². The van der Waals surface area contributed by atoms with E-state index in [1.807, 2.05) is 0 Å². The van der Waals surface area contributed by atoms with Crippen LogP contribution in [0, 0.1) is 6.92 Å². The number of aryl methyl sites for hydroxylation is 1. The van der Waals surface area contributed by atoms with Crippen molar-refractivity contribution in [2.75, 3.05) is 14.2 Å². The van der Waals surface area contributed by atoms with Crippen molar-refractivity contribution in [3.8, 4) is 11.5 Å². The highest BCUT2D eigenvalue weighted by Gasteiger charge is 2.35. The third-order valence-corrected chi connectivity index (χ3v) is 1.95. The van der Waals surface area contributed by atoms with Gasteiger partial charge in [0.25, 0.3) is 0 Å². The summed E-state index contributed by atoms with van der Waals surface area (Å²) in [6.45, 7) is 1.71. The molecule has 0 heterocycles. The summed E-state index contributed by atoms with van der Waals surface area (Å²) >= 11 is 0. The van der Waals surface area contributed by atoms with Crippen LogP contribution in [-0.2, 0) is 6.11 Å². The van der Waals surface area contributed by atoms with E-state index in [0.717, 1.165) is 0 Å². The lowest BCUT2D eigenvalue weighted by atomic mass is 10.1. The van der Waals surface area contributed by atoms with Crippen LogP contribution in [0.2, 0.25) is 0 Å². The van der Waals surface area contributed by atoms with E-state index < -0.39 is 11.7 Å². The van der Waals surface area contributed by atoms with Crippen LogP contribution in [-0.4, -0.2) is 19.3 Å². The molecule has 0 radical (unpaired) electrons. The highest BCUT2D eigenvalue weighted by atomic mass is 19.3. The van der Waals surface area contributed by atoms with E-state index >= 15 is 0 Å². The van der Waals surface area contributed by atoms with Gasteiger partial charge < -0.3 is 14.6 Å². The summed E-state index contributed by atoms with van der Waals surface area (Å²) in [5, 5.41) is 8.71. The second kappa shape index (κ2) is 4.02. The zero-order valence-electron chi connectivity index (χ0n) is 8.67. The van der Waals surface area contributed by atoms with Crippen molar-refractivity contribution in [1.29, 1.82) is 0 Å². The predicted molar refractivity (Wildman–Crippen MR) is 50.4 cm³/mol. The largest absolute Gasteiger partial charge is 0.496 e. The lowest BCUT2D eigenvalue weighted by molar-refractivity contribution is -0.210. The number of alkyl halides is 2. The Morgan fingerprint density at radius 2 is 1.53 bits per heavy atom. The van der Waals surface area contributed by atoms with Crippen LogP contribution in [0.25, 0.3) is 0 Å². The standard InChI is InChI=1S/C10H12F2O3/c1-6-4-7(14-2)9(10(11,12)13)8(5-6)15-3/h4-5,13H,1-3H3. The fourth-order valence-corrected chi connectivity index (χ4v) is 1.34. The molecule has 0 spiro atoms. The van der Waals surface area contributed by atoms with Crippen molar-refractivity contribution in [1.82, 2.24) is 0 Å². The number of hydrogen-bond donors (Lipinski definition) is 1. The fourth-order valence-electron chi connectivity index (χ4n) is 1.34. The van der Waals surface area contributed by atoms with Gasteiger partial charge in [0.1, 0.15) is 17.1 Å². The number of aliphatic hydroxyl groups is 1. The summed E-state index contributed by atoms with van der Waals surface area (Å²) in [5.74, 6) is -0.196. The molecule has 5 heteroatoms. The Morgan fingerprint density at radius 1 is 1.13 bits per heavy atom. The first kappa shape index (κ1) is 11.7. The van der Waals surface area contributed by atoms with E-state index in [9.17, 15) is 8.78 Å². The Morgan fingerprint density at radius 3 is 1.80 bits per heavy atom. The Hall–Kier alpha value is -1.36. The average molecular weight is 218 g/mol. The lowest BCUT2D eigenvalue weighted by Gasteiger charge is -2.17. The van der Waals surface area contributed by atoms with Gasteiger partial charge in [0.2, 0.25) is 0 Å². The van der Waals surface area contributed by atoms with Crippen LogP contribution in [0.3, 0.4) is 0 Å². The molecule has 1 N–H and O–H groups in total. The second-order valence-electron chi connectivity index (χ2n) is 3.09. The number of benzene rings is 1. The van der Waals surface area contributed by atoms with Gasteiger partial charge in [0.05, 0.1) is 14.2 Å². The first-order valence-corrected chi connectivity index (χ1v) is 4.23. The third-order valence-electron chi connectivity index (χ3n) is 1.95. The van der Waals surface area contributed by atoms with Crippen molar-refractivity contribution < 1.29 is 23.4 Å². The topological polar surface area (TPSA) is 38.7 Å². The van der Waals surface area contributed by atoms with Gasteiger partial charge in [-0.15, -0.1) is 0 Å². The smallest absolute Gasteiger partial charge is 0.388 e. The number of hydrogen-bond acceptors (Lipinski definition) is 3. The maximum Gasteiger partial charge on any atom is 0.388 e. The molecule has 3 nitrogen and oxygen atoms in total. The van der Waals surface area contributed by atoms with Crippen LogP contribution in [0.15, 0.2) is 12.1 Å². The fraction of sp³-hybridized carbons (Fsp3) is 0.400. The number of ether oxygens (including phenoxy) is 2. The number of methoxy groups -OCH3 is 2. The normalized spacial score (nSPS) is 11.3. The number of rotatable bonds is 3. The van der Waals surface area contributed by atoms with Crippen LogP contribution in [0.1, 0.15) is 11.1 Å². The average Bonchev–Trinajstić information content (AvgIpc) is 2.14. The highest BCUT2D eigenvalue weighted by Crippen LogP contribution is 2.40. The summed E-state index contributed by atoms with van der Waals surface area (Å²) in [6.07, 6.45) is -3.98. The predicted octanol–water partition coefficient (Wildman–Crippen LogP) is 2.05. The molecule has 0 aliphatic carbocycles. The van der Waals surface area contributed by atoms with Crippen LogP contribution in [0.5, 0.6) is 11.5 Å². The molecule has 15 heavy (non-hydrogen) atoms. The van der Waals surface area contributed by atoms with Gasteiger partial charge >= 0.3 is 6.11 Å². The molecule has 0 fully saturated rings.